The molecule has 0 unspecified atom stereocenters. The Morgan fingerprint density at radius 3 is 2.33 bits per heavy atom. The third-order valence-corrected chi connectivity index (χ3v) is 3.98. The Hall–Kier alpha value is -2.63. The smallest absolute Gasteiger partial charge is 0.271 e. The number of halogens is 1. The Kier molecular flexibility index (Phi) is 5.07. The largest absolute Gasteiger partial charge is 0.332 e. The van der Waals surface area contributed by atoms with Crippen LogP contribution in [0.1, 0.15) is 0 Å². The van der Waals surface area contributed by atoms with Gasteiger partial charge in [0.25, 0.3) is 5.69 Å². The van der Waals surface area contributed by atoms with E-state index in [2.05, 4.69) is 10.6 Å². The lowest BCUT2D eigenvalue weighted by Gasteiger charge is -2.11. The number of hydrogen-bond acceptors (Lipinski definition) is 5. The number of anilines is 2. The van der Waals surface area contributed by atoms with Crippen molar-refractivity contribution in [3.63, 3.8) is 0 Å². The van der Waals surface area contributed by atoms with Gasteiger partial charge in [-0.3, -0.25) is 10.1 Å². The van der Waals surface area contributed by atoms with Crippen LogP contribution in [-0.2, 0) is 10.0 Å². The highest BCUT2D eigenvalue weighted by atomic mass is 32.2. The molecule has 0 aliphatic rings. The van der Waals surface area contributed by atoms with Crippen LogP contribution in [0.5, 0.6) is 0 Å². The van der Waals surface area contributed by atoms with Crippen molar-refractivity contribution in [3.05, 3.63) is 58.4 Å². The molecule has 11 heteroatoms. The number of primary sulfonamides is 1. The first-order valence-electron chi connectivity index (χ1n) is 6.31. The molecule has 0 bridgehead atoms. The highest BCUT2D eigenvalue weighted by Crippen LogP contribution is 2.21. The van der Waals surface area contributed by atoms with Gasteiger partial charge in [0.15, 0.2) is 5.11 Å². The van der Waals surface area contributed by atoms with Crippen LogP contribution in [-0.4, -0.2) is 18.5 Å². The average molecular weight is 370 g/mol. The van der Waals surface area contributed by atoms with Crippen LogP contribution in [0.2, 0.25) is 0 Å². The van der Waals surface area contributed by atoms with Crippen molar-refractivity contribution in [2.24, 2.45) is 5.14 Å². The molecular weight excluding hydrogens is 359 g/mol. The molecule has 0 spiro atoms. The summed E-state index contributed by atoms with van der Waals surface area (Å²) in [5, 5.41) is 20.8. The van der Waals surface area contributed by atoms with E-state index in [-0.39, 0.29) is 21.4 Å². The summed E-state index contributed by atoms with van der Waals surface area (Å²) in [6.07, 6.45) is 0. The van der Waals surface area contributed by atoms with Gasteiger partial charge in [-0.25, -0.2) is 17.9 Å². The van der Waals surface area contributed by atoms with Gasteiger partial charge in [-0.1, -0.05) is 0 Å². The lowest BCUT2D eigenvalue weighted by atomic mass is 10.2. The van der Waals surface area contributed by atoms with E-state index in [0.717, 1.165) is 18.2 Å². The Labute approximate surface area is 141 Å². The lowest BCUT2D eigenvalue weighted by molar-refractivity contribution is -0.384. The quantitative estimate of drug-likeness (QED) is 0.427. The number of benzene rings is 2. The van der Waals surface area contributed by atoms with Gasteiger partial charge in [-0.05, 0) is 42.5 Å². The predicted molar refractivity (Wildman–Crippen MR) is 90.7 cm³/mol. The third kappa shape index (κ3) is 4.44. The summed E-state index contributed by atoms with van der Waals surface area (Å²) in [5.74, 6) is -0.714. The highest BCUT2D eigenvalue weighted by molar-refractivity contribution is 7.89. The maximum absolute atomic E-state index is 13.7. The summed E-state index contributed by atoms with van der Waals surface area (Å²) in [6.45, 7) is 0. The number of nitro benzene ring substituents is 1. The lowest BCUT2D eigenvalue weighted by Crippen LogP contribution is -2.20. The Morgan fingerprint density at radius 1 is 1.17 bits per heavy atom. The summed E-state index contributed by atoms with van der Waals surface area (Å²) >= 11 is 4.99. The van der Waals surface area contributed by atoms with E-state index >= 15 is 0 Å². The molecule has 0 aliphatic heterocycles. The molecule has 8 nitrogen and oxygen atoms in total. The van der Waals surface area contributed by atoms with E-state index in [4.69, 9.17) is 17.4 Å². The third-order valence-electron chi connectivity index (χ3n) is 2.85. The molecule has 0 amide bonds. The number of nitrogens with one attached hydrogen (secondary N) is 2. The molecule has 2 rings (SSSR count). The van der Waals surface area contributed by atoms with Gasteiger partial charge in [-0.2, -0.15) is 0 Å². The topological polar surface area (TPSA) is 127 Å². The summed E-state index contributed by atoms with van der Waals surface area (Å²) < 4.78 is 36.0. The normalized spacial score (nSPS) is 10.9. The van der Waals surface area contributed by atoms with E-state index in [1.54, 1.807) is 0 Å². The van der Waals surface area contributed by atoms with Crippen molar-refractivity contribution < 1.29 is 17.7 Å². The van der Waals surface area contributed by atoms with Gasteiger partial charge in [0.2, 0.25) is 10.0 Å². The van der Waals surface area contributed by atoms with E-state index in [0.29, 0.717) is 5.69 Å². The summed E-state index contributed by atoms with van der Waals surface area (Å²) in [4.78, 5) is 9.97. The van der Waals surface area contributed by atoms with Gasteiger partial charge >= 0.3 is 0 Å². The average Bonchev–Trinajstić information content (AvgIpc) is 2.48. The fourth-order valence-corrected chi connectivity index (χ4v) is 2.48. The van der Waals surface area contributed by atoms with Crippen LogP contribution in [0.15, 0.2) is 47.4 Å². The van der Waals surface area contributed by atoms with Gasteiger partial charge in [0, 0.05) is 17.8 Å². The number of sulfonamides is 1. The van der Waals surface area contributed by atoms with Gasteiger partial charge in [0.05, 0.1) is 15.5 Å². The Bertz CT molecular complexity index is 901. The van der Waals surface area contributed by atoms with Crippen LogP contribution in [0.3, 0.4) is 0 Å². The van der Waals surface area contributed by atoms with Crippen molar-refractivity contribution >= 4 is 44.4 Å². The van der Waals surface area contributed by atoms with E-state index in [9.17, 15) is 22.9 Å². The predicted octanol–water partition coefficient (Wildman–Crippen LogP) is 2.19. The first-order valence-corrected chi connectivity index (χ1v) is 8.27. The molecule has 0 radical (unpaired) electrons. The standard InChI is InChI=1S/C13H11FN4O4S2/c14-11-6-3-9(18(19)20)7-12(11)17-13(23)16-8-1-4-10(5-2-8)24(15,21)22/h1-7H,(H2,15,21,22)(H2,16,17,23). The zero-order valence-electron chi connectivity index (χ0n) is 11.9. The zero-order valence-corrected chi connectivity index (χ0v) is 13.5. The number of hydrogen-bond donors (Lipinski definition) is 3. The van der Waals surface area contributed by atoms with E-state index < -0.39 is 20.8 Å². The molecule has 4 N–H and O–H groups in total. The Balaban J connectivity index is 2.11. The van der Waals surface area contributed by atoms with Crippen molar-refractivity contribution in [3.8, 4) is 0 Å². The molecule has 24 heavy (non-hydrogen) atoms. The molecule has 0 heterocycles. The fourth-order valence-electron chi connectivity index (χ4n) is 1.74. The number of nitrogens with two attached hydrogens (primary N) is 1. The number of rotatable bonds is 4. The maximum Gasteiger partial charge on any atom is 0.271 e. The van der Waals surface area contributed by atoms with Crippen molar-refractivity contribution in [2.75, 3.05) is 10.6 Å². The van der Waals surface area contributed by atoms with Gasteiger partial charge < -0.3 is 10.6 Å². The summed E-state index contributed by atoms with van der Waals surface area (Å²) in [5.41, 5.74) is -0.0344. The summed E-state index contributed by atoms with van der Waals surface area (Å²) in [7, 11) is -3.80. The molecule has 0 saturated heterocycles. The van der Waals surface area contributed by atoms with Crippen LogP contribution in [0.4, 0.5) is 21.5 Å². The van der Waals surface area contributed by atoms with E-state index in [1.807, 2.05) is 0 Å². The van der Waals surface area contributed by atoms with Crippen molar-refractivity contribution in [1.82, 2.24) is 0 Å². The molecule has 2 aromatic rings. The minimum absolute atomic E-state index is 0.0299. The zero-order chi connectivity index (χ0) is 17.9. The second kappa shape index (κ2) is 6.86. The number of nitro groups is 1. The van der Waals surface area contributed by atoms with Crippen molar-refractivity contribution in [1.29, 1.82) is 0 Å². The molecule has 0 fully saturated rings. The monoisotopic (exact) mass is 370 g/mol. The molecule has 0 aromatic heterocycles. The minimum atomic E-state index is -3.80. The fraction of sp³-hybridized carbons (Fsp3) is 0. The molecule has 126 valence electrons. The molecule has 0 aliphatic carbocycles. The van der Waals surface area contributed by atoms with Crippen LogP contribution in [0, 0.1) is 15.9 Å². The van der Waals surface area contributed by atoms with Gasteiger partial charge in [0.1, 0.15) is 5.82 Å². The molecule has 0 atom stereocenters. The first kappa shape index (κ1) is 17.7. The molecular formula is C13H11FN4O4S2. The first-order chi connectivity index (χ1) is 11.2. The van der Waals surface area contributed by atoms with Crippen LogP contribution < -0.4 is 15.8 Å². The Morgan fingerprint density at radius 2 is 1.79 bits per heavy atom. The maximum atomic E-state index is 13.7. The van der Waals surface area contributed by atoms with Crippen molar-refractivity contribution in [2.45, 2.75) is 4.90 Å². The summed E-state index contributed by atoms with van der Waals surface area (Å²) in [6, 6.07) is 8.36. The molecule has 0 saturated carbocycles. The van der Waals surface area contributed by atoms with Gasteiger partial charge in [-0.15, -0.1) is 0 Å². The molecule has 2 aromatic carbocycles. The SMILES string of the molecule is NS(=O)(=O)c1ccc(NC(=S)Nc2cc([N+](=O)[O-])ccc2F)cc1. The number of non-ortho nitro benzene ring substituents is 1. The van der Waals surface area contributed by atoms with Crippen LogP contribution in [0.25, 0.3) is 0 Å². The second-order valence-electron chi connectivity index (χ2n) is 4.57. The second-order valence-corrected chi connectivity index (χ2v) is 6.54. The number of nitrogens with zero attached hydrogens (tertiary/aromatic N) is 1. The van der Waals surface area contributed by atoms with Crippen LogP contribution >= 0.6 is 12.2 Å². The highest BCUT2D eigenvalue weighted by Gasteiger charge is 2.12. The minimum Gasteiger partial charge on any atom is -0.332 e. The number of thiocarbonyl (C=S) groups is 1. The van der Waals surface area contributed by atoms with E-state index in [1.165, 1.54) is 24.3 Å².